The topological polar surface area (TPSA) is 82.7 Å². The number of amides is 1. The van der Waals surface area contributed by atoms with Crippen molar-refractivity contribution in [3.05, 3.63) is 41.1 Å². The fraction of sp³-hybridized carbons (Fsp3) is 0.250. The normalized spacial score (nSPS) is 10.2. The minimum Gasteiger partial charge on any atom is -0.373 e. The van der Waals surface area contributed by atoms with Crippen LogP contribution in [0.2, 0.25) is 5.02 Å². The molecule has 0 unspecified atom stereocenters. The molecule has 2 heterocycles. The third kappa shape index (κ3) is 3.45. The Morgan fingerprint density at radius 1 is 1.47 bits per heavy atom. The number of rotatable bonds is 5. The molecule has 2 aromatic heterocycles. The molecular formula is C12H14ClN5O. The molecule has 19 heavy (non-hydrogen) atoms. The maximum absolute atomic E-state index is 11.9. The van der Waals surface area contributed by atoms with E-state index in [9.17, 15) is 4.79 Å². The Bertz CT molecular complexity index is 555. The van der Waals surface area contributed by atoms with Crippen molar-refractivity contribution in [2.75, 3.05) is 18.9 Å². The zero-order valence-corrected chi connectivity index (χ0v) is 11.2. The summed E-state index contributed by atoms with van der Waals surface area (Å²) in [5.41, 5.74) is 0.216. The highest BCUT2D eigenvalue weighted by Crippen LogP contribution is 2.16. The Kier molecular flexibility index (Phi) is 4.35. The van der Waals surface area contributed by atoms with Crippen molar-refractivity contribution in [2.45, 2.75) is 6.42 Å². The smallest absolute Gasteiger partial charge is 0.271 e. The highest BCUT2D eigenvalue weighted by molar-refractivity contribution is 6.33. The molecule has 0 bridgehead atoms. The van der Waals surface area contributed by atoms with Gasteiger partial charge in [-0.3, -0.25) is 4.79 Å². The second-order valence-electron chi connectivity index (χ2n) is 3.82. The average molecular weight is 280 g/mol. The summed E-state index contributed by atoms with van der Waals surface area (Å²) in [7, 11) is 1.73. The lowest BCUT2D eigenvalue weighted by molar-refractivity contribution is 0.0949. The van der Waals surface area contributed by atoms with Crippen LogP contribution in [0.15, 0.2) is 24.5 Å². The quantitative estimate of drug-likeness (QED) is 0.774. The van der Waals surface area contributed by atoms with Crippen LogP contribution in [0.4, 0.5) is 5.82 Å². The number of nitrogens with one attached hydrogen (secondary N) is 3. The lowest BCUT2D eigenvalue weighted by Crippen LogP contribution is -2.27. The number of imidazole rings is 1. The molecule has 6 nitrogen and oxygen atoms in total. The lowest BCUT2D eigenvalue weighted by Gasteiger charge is -2.07. The summed E-state index contributed by atoms with van der Waals surface area (Å²) in [5, 5.41) is 5.95. The Hall–Kier alpha value is -2.08. The number of hydrogen-bond donors (Lipinski definition) is 3. The van der Waals surface area contributed by atoms with E-state index < -0.39 is 0 Å². The van der Waals surface area contributed by atoms with Gasteiger partial charge in [-0.05, 0) is 12.1 Å². The number of nitrogens with zero attached hydrogens (tertiary/aromatic N) is 2. The van der Waals surface area contributed by atoms with Crippen LogP contribution in [0.5, 0.6) is 0 Å². The summed E-state index contributed by atoms with van der Waals surface area (Å²) in [6.07, 6.45) is 4.04. The molecule has 0 aliphatic carbocycles. The number of aromatic nitrogens is 3. The van der Waals surface area contributed by atoms with Gasteiger partial charge in [0.1, 0.15) is 17.3 Å². The maximum atomic E-state index is 11.9. The molecule has 7 heteroatoms. The molecule has 0 saturated heterocycles. The van der Waals surface area contributed by atoms with Gasteiger partial charge in [-0.25, -0.2) is 9.97 Å². The molecule has 0 aliphatic rings. The van der Waals surface area contributed by atoms with Crippen molar-refractivity contribution in [2.24, 2.45) is 0 Å². The number of H-pyrrole nitrogens is 1. The predicted molar refractivity (Wildman–Crippen MR) is 73.4 cm³/mol. The molecule has 0 aromatic carbocycles. The molecule has 2 rings (SSSR count). The minimum atomic E-state index is -0.298. The van der Waals surface area contributed by atoms with Gasteiger partial charge in [0.2, 0.25) is 0 Å². The monoisotopic (exact) mass is 279 g/mol. The molecule has 2 aromatic rings. The van der Waals surface area contributed by atoms with Crippen LogP contribution in [0.25, 0.3) is 0 Å². The van der Waals surface area contributed by atoms with Crippen LogP contribution >= 0.6 is 11.6 Å². The predicted octanol–water partition coefficient (Wildman–Crippen LogP) is 1.47. The van der Waals surface area contributed by atoms with Crippen LogP contribution in [0, 0.1) is 0 Å². The lowest BCUT2D eigenvalue weighted by atomic mass is 10.3. The molecule has 0 radical (unpaired) electrons. The Labute approximate surface area is 115 Å². The van der Waals surface area contributed by atoms with Crippen molar-refractivity contribution in [3.63, 3.8) is 0 Å². The summed E-state index contributed by atoms with van der Waals surface area (Å²) >= 11 is 5.96. The van der Waals surface area contributed by atoms with E-state index in [4.69, 9.17) is 11.6 Å². The van der Waals surface area contributed by atoms with Gasteiger partial charge in [0.25, 0.3) is 5.91 Å². The number of anilines is 1. The second kappa shape index (κ2) is 6.19. The number of carbonyl (C=O) groups excluding carboxylic acids is 1. The summed E-state index contributed by atoms with van der Waals surface area (Å²) in [6, 6.07) is 3.35. The fourth-order valence-electron chi connectivity index (χ4n) is 1.55. The molecular weight excluding hydrogens is 266 g/mol. The van der Waals surface area contributed by atoms with Gasteiger partial charge in [-0.2, -0.15) is 0 Å². The number of pyridine rings is 1. The van der Waals surface area contributed by atoms with E-state index in [-0.39, 0.29) is 11.6 Å². The zero-order valence-electron chi connectivity index (χ0n) is 10.4. The number of carbonyl (C=O) groups is 1. The summed E-state index contributed by atoms with van der Waals surface area (Å²) < 4.78 is 0. The minimum absolute atomic E-state index is 0.216. The highest BCUT2D eigenvalue weighted by atomic mass is 35.5. The van der Waals surface area contributed by atoms with Crippen LogP contribution in [0.3, 0.4) is 0 Å². The Balaban J connectivity index is 1.95. The maximum Gasteiger partial charge on any atom is 0.271 e. The van der Waals surface area contributed by atoms with Gasteiger partial charge in [-0.15, -0.1) is 0 Å². The van der Waals surface area contributed by atoms with E-state index in [1.807, 2.05) is 0 Å². The SMILES string of the molecule is CNc1ccc(Cl)c(C(=O)NCCc2ncc[nH]2)n1. The zero-order chi connectivity index (χ0) is 13.7. The highest BCUT2D eigenvalue weighted by Gasteiger charge is 2.12. The summed E-state index contributed by atoms with van der Waals surface area (Å²) in [5.74, 6) is 1.12. The molecule has 0 fully saturated rings. The van der Waals surface area contributed by atoms with Crippen molar-refractivity contribution >= 4 is 23.3 Å². The Morgan fingerprint density at radius 3 is 3.00 bits per heavy atom. The molecule has 100 valence electrons. The number of halogens is 1. The van der Waals surface area contributed by atoms with Gasteiger partial charge in [0.15, 0.2) is 0 Å². The van der Waals surface area contributed by atoms with Crippen LogP contribution in [0.1, 0.15) is 16.3 Å². The van der Waals surface area contributed by atoms with Crippen LogP contribution in [-0.2, 0) is 6.42 Å². The van der Waals surface area contributed by atoms with Gasteiger partial charge < -0.3 is 15.6 Å². The third-order valence-corrected chi connectivity index (χ3v) is 2.82. The van der Waals surface area contributed by atoms with E-state index in [2.05, 4.69) is 25.6 Å². The number of aromatic amines is 1. The van der Waals surface area contributed by atoms with Crippen LogP contribution < -0.4 is 10.6 Å². The standard InChI is InChI=1S/C12H14ClN5O/c1-14-9-3-2-8(13)11(18-9)12(19)17-5-4-10-15-6-7-16-10/h2-3,6-7H,4-5H2,1H3,(H,14,18)(H,15,16)(H,17,19). The first-order valence-corrected chi connectivity index (χ1v) is 6.19. The van der Waals surface area contributed by atoms with E-state index >= 15 is 0 Å². The first kappa shape index (κ1) is 13.4. The van der Waals surface area contributed by atoms with E-state index in [0.29, 0.717) is 23.8 Å². The van der Waals surface area contributed by atoms with Gasteiger partial charge in [-0.1, -0.05) is 11.6 Å². The molecule has 1 amide bonds. The largest absolute Gasteiger partial charge is 0.373 e. The van der Waals surface area contributed by atoms with Gasteiger partial charge in [0.05, 0.1) is 5.02 Å². The van der Waals surface area contributed by atoms with Crippen molar-refractivity contribution < 1.29 is 4.79 Å². The first-order valence-electron chi connectivity index (χ1n) is 5.81. The van der Waals surface area contributed by atoms with E-state index in [1.54, 1.807) is 31.6 Å². The molecule has 0 spiro atoms. The summed E-state index contributed by atoms with van der Waals surface area (Å²) in [4.78, 5) is 23.1. The van der Waals surface area contributed by atoms with Crippen molar-refractivity contribution in [1.29, 1.82) is 0 Å². The molecule has 3 N–H and O–H groups in total. The van der Waals surface area contributed by atoms with Crippen molar-refractivity contribution in [1.82, 2.24) is 20.3 Å². The third-order valence-electron chi connectivity index (χ3n) is 2.52. The van der Waals surface area contributed by atoms with Gasteiger partial charge >= 0.3 is 0 Å². The van der Waals surface area contributed by atoms with E-state index in [0.717, 1.165) is 5.82 Å². The molecule has 0 aliphatic heterocycles. The Morgan fingerprint density at radius 2 is 2.32 bits per heavy atom. The molecule has 0 saturated carbocycles. The van der Waals surface area contributed by atoms with Crippen LogP contribution in [-0.4, -0.2) is 34.5 Å². The van der Waals surface area contributed by atoms with Gasteiger partial charge in [0, 0.05) is 32.4 Å². The first-order chi connectivity index (χ1) is 9.20. The fourth-order valence-corrected chi connectivity index (χ4v) is 1.74. The van der Waals surface area contributed by atoms with E-state index in [1.165, 1.54) is 0 Å². The molecule has 0 atom stereocenters. The number of hydrogen-bond acceptors (Lipinski definition) is 4. The summed E-state index contributed by atoms with van der Waals surface area (Å²) in [6.45, 7) is 0.466. The van der Waals surface area contributed by atoms with Crippen molar-refractivity contribution in [3.8, 4) is 0 Å². The second-order valence-corrected chi connectivity index (χ2v) is 4.23. The average Bonchev–Trinajstić information content (AvgIpc) is 2.92.